The van der Waals surface area contributed by atoms with Gasteiger partial charge in [0.2, 0.25) is 0 Å². The van der Waals surface area contributed by atoms with Crippen molar-refractivity contribution in [3.63, 3.8) is 0 Å². The highest BCUT2D eigenvalue weighted by atomic mass is 35.5. The molecule has 0 bridgehead atoms. The Hall–Kier alpha value is -2.66. The minimum atomic E-state index is -0.835. The molecule has 0 aliphatic carbocycles. The Kier molecular flexibility index (Phi) is 6.15. The largest absolute Gasteiger partial charge is 0.480 e. The number of rotatable bonds is 7. The molecular weight excluding hydrogens is 410 g/mol. The molecule has 160 valence electrons. The summed E-state index contributed by atoms with van der Waals surface area (Å²) in [5.74, 6) is -0.835. The summed E-state index contributed by atoms with van der Waals surface area (Å²) in [4.78, 5) is 12.9. The van der Waals surface area contributed by atoms with Crippen LogP contribution in [0.15, 0.2) is 66.7 Å². The van der Waals surface area contributed by atoms with Crippen LogP contribution in [-0.4, -0.2) is 36.1 Å². The van der Waals surface area contributed by atoms with E-state index in [0.29, 0.717) is 24.6 Å². The molecule has 0 spiro atoms. The number of benzene rings is 3. The Labute approximate surface area is 188 Å². The normalized spacial score (nSPS) is 17.7. The van der Waals surface area contributed by atoms with Crippen molar-refractivity contribution in [1.29, 1.82) is 0 Å². The number of carboxylic acid groups (broad SMARTS) is 1. The number of hydrogen-bond acceptors (Lipinski definition) is 3. The van der Waals surface area contributed by atoms with Crippen molar-refractivity contribution < 1.29 is 14.6 Å². The van der Waals surface area contributed by atoms with Gasteiger partial charge in [0.05, 0.1) is 13.2 Å². The molecule has 0 amide bonds. The first-order chi connectivity index (χ1) is 14.9. The van der Waals surface area contributed by atoms with Crippen LogP contribution in [0.5, 0.6) is 0 Å². The number of aliphatic carboxylic acids is 1. The number of ether oxygens (including phenoxy) is 1. The van der Waals surface area contributed by atoms with Crippen molar-refractivity contribution in [2.45, 2.75) is 25.6 Å². The molecule has 1 unspecified atom stereocenters. The fraction of sp³-hybridized carbons (Fsp3) is 0.269. The summed E-state index contributed by atoms with van der Waals surface area (Å²) >= 11 is 6.13. The molecule has 3 aromatic carbocycles. The maximum Gasteiger partial charge on any atom is 0.317 e. The Bertz CT molecular complexity index is 1080. The quantitative estimate of drug-likeness (QED) is 0.532. The Morgan fingerprint density at radius 3 is 2.42 bits per heavy atom. The third-order valence-corrected chi connectivity index (χ3v) is 6.21. The molecule has 1 aliphatic heterocycles. The first-order valence-corrected chi connectivity index (χ1v) is 10.8. The number of hydrogen-bond donors (Lipinski definition) is 1. The lowest BCUT2D eigenvalue weighted by Crippen LogP contribution is -2.34. The highest BCUT2D eigenvalue weighted by Gasteiger charge is 2.41. The zero-order valence-corrected chi connectivity index (χ0v) is 18.5. The summed E-state index contributed by atoms with van der Waals surface area (Å²) in [7, 11) is 1.82. The van der Waals surface area contributed by atoms with Gasteiger partial charge in [-0.05, 0) is 66.4 Å². The lowest BCUT2D eigenvalue weighted by molar-refractivity contribution is -0.138. The van der Waals surface area contributed by atoms with Crippen molar-refractivity contribution in [2.75, 3.05) is 20.1 Å². The Balaban J connectivity index is 1.71. The maximum absolute atomic E-state index is 11.1. The van der Waals surface area contributed by atoms with E-state index in [1.54, 1.807) is 0 Å². The number of fused-ring (bicyclic) bond motifs is 1. The van der Waals surface area contributed by atoms with E-state index >= 15 is 0 Å². The van der Waals surface area contributed by atoms with Gasteiger partial charge in [-0.15, -0.1) is 0 Å². The van der Waals surface area contributed by atoms with Crippen LogP contribution in [-0.2, 0) is 21.7 Å². The van der Waals surface area contributed by atoms with Crippen LogP contribution in [0.3, 0.4) is 0 Å². The molecule has 5 heteroatoms. The van der Waals surface area contributed by atoms with E-state index in [9.17, 15) is 4.79 Å². The van der Waals surface area contributed by atoms with Gasteiger partial charge in [0.25, 0.3) is 0 Å². The molecule has 3 aromatic rings. The van der Waals surface area contributed by atoms with Crippen LogP contribution < -0.4 is 0 Å². The van der Waals surface area contributed by atoms with E-state index in [4.69, 9.17) is 21.4 Å². The van der Waals surface area contributed by atoms with Crippen LogP contribution in [0.4, 0.5) is 0 Å². The molecule has 0 aromatic heterocycles. The fourth-order valence-corrected chi connectivity index (χ4v) is 4.40. The molecule has 0 radical (unpaired) electrons. The van der Waals surface area contributed by atoms with Crippen molar-refractivity contribution in [2.24, 2.45) is 0 Å². The van der Waals surface area contributed by atoms with Gasteiger partial charge in [0.1, 0.15) is 5.60 Å². The highest BCUT2D eigenvalue weighted by molar-refractivity contribution is 6.30. The van der Waals surface area contributed by atoms with Crippen LogP contribution in [0.2, 0.25) is 5.02 Å². The lowest BCUT2D eigenvalue weighted by atomic mass is 9.82. The molecule has 1 N–H and O–H groups in total. The first kappa shape index (κ1) is 21.6. The van der Waals surface area contributed by atoms with Gasteiger partial charge >= 0.3 is 5.97 Å². The van der Waals surface area contributed by atoms with Crippen LogP contribution in [0.25, 0.3) is 11.1 Å². The molecule has 31 heavy (non-hydrogen) atoms. The summed E-state index contributed by atoms with van der Waals surface area (Å²) < 4.78 is 6.49. The van der Waals surface area contributed by atoms with Gasteiger partial charge < -0.3 is 9.84 Å². The summed E-state index contributed by atoms with van der Waals surface area (Å²) in [6.07, 6.45) is 0.648. The van der Waals surface area contributed by atoms with E-state index in [-0.39, 0.29) is 6.54 Å². The molecule has 4 rings (SSSR count). The van der Waals surface area contributed by atoms with Gasteiger partial charge in [-0.2, -0.15) is 0 Å². The standard InChI is InChI=1S/C26H26ClNO3/c1-18-3-5-19(6-4-18)20-7-12-24-21(15-20)17-31-26(24,13-14-28(2)16-25(29)30)22-8-10-23(27)11-9-22/h3-12,15H,13-14,16-17H2,1-2H3,(H,29,30). The van der Waals surface area contributed by atoms with Crippen molar-refractivity contribution in [3.05, 3.63) is 94.0 Å². The SMILES string of the molecule is Cc1ccc(-c2ccc3c(c2)COC3(CCN(C)CC(=O)O)c2ccc(Cl)cc2)cc1. The highest BCUT2D eigenvalue weighted by Crippen LogP contribution is 2.46. The minimum absolute atomic E-state index is 0.00405. The first-order valence-electron chi connectivity index (χ1n) is 10.4. The van der Waals surface area contributed by atoms with Gasteiger partial charge in [-0.1, -0.05) is 65.7 Å². The second-order valence-electron chi connectivity index (χ2n) is 8.24. The molecule has 1 heterocycles. The summed E-state index contributed by atoms with van der Waals surface area (Å²) in [6, 6.07) is 22.8. The predicted molar refractivity (Wildman–Crippen MR) is 123 cm³/mol. The number of carbonyl (C=O) groups is 1. The number of aryl methyl sites for hydroxylation is 1. The summed E-state index contributed by atoms with van der Waals surface area (Å²) in [5.41, 5.74) is 6.28. The van der Waals surface area contributed by atoms with Crippen molar-refractivity contribution >= 4 is 17.6 Å². The molecule has 1 aliphatic rings. The molecule has 0 saturated carbocycles. The number of likely N-dealkylation sites (N-methyl/N-ethyl adjacent to an activating group) is 1. The second kappa shape index (κ2) is 8.83. The number of nitrogens with zero attached hydrogens (tertiary/aromatic N) is 1. The number of halogens is 1. The fourth-order valence-electron chi connectivity index (χ4n) is 4.28. The average Bonchev–Trinajstić information content (AvgIpc) is 3.12. The van der Waals surface area contributed by atoms with Crippen molar-refractivity contribution in [1.82, 2.24) is 4.90 Å². The molecule has 1 atom stereocenters. The van der Waals surface area contributed by atoms with E-state index in [1.165, 1.54) is 11.1 Å². The lowest BCUT2D eigenvalue weighted by Gasteiger charge is -2.32. The summed E-state index contributed by atoms with van der Waals surface area (Å²) in [6.45, 7) is 3.19. The van der Waals surface area contributed by atoms with Gasteiger partial charge in [-0.3, -0.25) is 9.69 Å². The van der Waals surface area contributed by atoms with E-state index in [0.717, 1.165) is 22.3 Å². The van der Waals surface area contributed by atoms with Gasteiger partial charge in [0.15, 0.2) is 0 Å². The van der Waals surface area contributed by atoms with Gasteiger partial charge in [0, 0.05) is 11.6 Å². The van der Waals surface area contributed by atoms with Crippen molar-refractivity contribution in [3.8, 4) is 11.1 Å². The summed E-state index contributed by atoms with van der Waals surface area (Å²) in [5, 5.41) is 9.79. The zero-order chi connectivity index (χ0) is 22.0. The van der Waals surface area contributed by atoms with E-state index in [2.05, 4.69) is 49.4 Å². The van der Waals surface area contributed by atoms with Crippen LogP contribution in [0, 0.1) is 6.92 Å². The number of carboxylic acids is 1. The van der Waals surface area contributed by atoms with Crippen LogP contribution in [0.1, 0.15) is 28.7 Å². The maximum atomic E-state index is 11.1. The third kappa shape index (κ3) is 4.52. The smallest absolute Gasteiger partial charge is 0.317 e. The zero-order valence-electron chi connectivity index (χ0n) is 17.8. The molecular formula is C26H26ClNO3. The predicted octanol–water partition coefficient (Wildman–Crippen LogP) is 5.50. The molecule has 0 fully saturated rings. The Morgan fingerprint density at radius 1 is 1.06 bits per heavy atom. The Morgan fingerprint density at radius 2 is 1.74 bits per heavy atom. The topological polar surface area (TPSA) is 49.8 Å². The molecule has 0 saturated heterocycles. The van der Waals surface area contributed by atoms with E-state index in [1.807, 2.05) is 36.2 Å². The van der Waals surface area contributed by atoms with E-state index < -0.39 is 11.6 Å². The third-order valence-electron chi connectivity index (χ3n) is 5.96. The van der Waals surface area contributed by atoms with Crippen LogP contribution >= 0.6 is 11.6 Å². The second-order valence-corrected chi connectivity index (χ2v) is 8.68. The average molecular weight is 436 g/mol. The molecule has 4 nitrogen and oxygen atoms in total. The van der Waals surface area contributed by atoms with Gasteiger partial charge in [-0.25, -0.2) is 0 Å². The minimum Gasteiger partial charge on any atom is -0.480 e. The monoisotopic (exact) mass is 435 g/mol.